The number of para-hydroxylation sites is 3. The number of benzene rings is 7. The molecule has 0 amide bonds. The molecule has 0 radical (unpaired) electrons. The molecule has 1 unspecified atom stereocenters. The van der Waals surface area contributed by atoms with Crippen molar-refractivity contribution in [3.8, 4) is 27.9 Å². The topological polar surface area (TPSA) is 18.1 Å². The van der Waals surface area contributed by atoms with Gasteiger partial charge in [-0.25, -0.2) is 0 Å². The second-order valence-corrected chi connectivity index (χ2v) is 12.5. The van der Waals surface area contributed by atoms with Gasteiger partial charge in [-0.1, -0.05) is 109 Å². The molecule has 2 heterocycles. The minimum atomic E-state index is 0.231. The summed E-state index contributed by atoms with van der Waals surface area (Å²) in [5.41, 5.74) is 14.8. The Morgan fingerprint density at radius 1 is 0.478 bits per heavy atom. The van der Waals surface area contributed by atoms with Crippen molar-refractivity contribution < 1.29 is 4.42 Å². The van der Waals surface area contributed by atoms with E-state index in [1.54, 1.807) is 0 Å². The van der Waals surface area contributed by atoms with Gasteiger partial charge < -0.3 is 8.98 Å². The average molecular weight is 588 g/mol. The molecule has 46 heavy (non-hydrogen) atoms. The van der Waals surface area contributed by atoms with Gasteiger partial charge in [-0.05, 0) is 93.9 Å². The van der Waals surface area contributed by atoms with E-state index in [4.69, 9.17) is 4.42 Å². The third-order valence-corrected chi connectivity index (χ3v) is 9.99. The molecule has 0 N–H and O–H groups in total. The Kier molecular flexibility index (Phi) is 5.44. The largest absolute Gasteiger partial charge is 0.456 e. The van der Waals surface area contributed by atoms with Crippen molar-refractivity contribution in [2.75, 3.05) is 0 Å². The average Bonchev–Trinajstić information content (AvgIpc) is 3.67. The highest BCUT2D eigenvalue weighted by Crippen LogP contribution is 2.47. The second-order valence-electron chi connectivity index (χ2n) is 12.5. The van der Waals surface area contributed by atoms with Crippen LogP contribution in [0.3, 0.4) is 0 Å². The summed E-state index contributed by atoms with van der Waals surface area (Å²) in [5.74, 6) is 0.231. The molecule has 0 saturated carbocycles. The molecule has 1 atom stereocenters. The molecule has 1 aliphatic carbocycles. The van der Waals surface area contributed by atoms with Crippen molar-refractivity contribution >= 4 is 43.7 Å². The Hall–Kier alpha value is -5.86. The third kappa shape index (κ3) is 3.71. The quantitative estimate of drug-likeness (QED) is 0.201. The summed E-state index contributed by atoms with van der Waals surface area (Å²) < 4.78 is 8.69. The molecule has 2 heteroatoms. The number of furan rings is 1. The molecule has 9 aromatic rings. The molecular formula is C44H29NO. The van der Waals surface area contributed by atoms with Crippen molar-refractivity contribution in [2.24, 2.45) is 0 Å². The molecular weight excluding hydrogens is 558 g/mol. The molecule has 1 aliphatic rings. The van der Waals surface area contributed by atoms with Crippen LogP contribution in [0, 0.1) is 0 Å². The van der Waals surface area contributed by atoms with E-state index in [2.05, 4.69) is 162 Å². The molecule has 0 fully saturated rings. The summed E-state index contributed by atoms with van der Waals surface area (Å²) in [7, 11) is 0. The van der Waals surface area contributed by atoms with Crippen molar-refractivity contribution in [1.82, 2.24) is 4.57 Å². The number of rotatable bonds is 3. The number of hydrogen-bond donors (Lipinski definition) is 0. The van der Waals surface area contributed by atoms with Crippen molar-refractivity contribution in [3.63, 3.8) is 0 Å². The first-order chi connectivity index (χ1) is 22.8. The smallest absolute Gasteiger partial charge is 0.135 e. The maximum absolute atomic E-state index is 6.31. The number of nitrogens with zero attached hydrogens (tertiary/aromatic N) is 1. The van der Waals surface area contributed by atoms with E-state index in [0.717, 1.165) is 17.6 Å². The van der Waals surface area contributed by atoms with Gasteiger partial charge in [0.05, 0.1) is 11.0 Å². The Bertz CT molecular complexity index is 2620. The summed E-state index contributed by atoms with van der Waals surface area (Å²) in [6.07, 6.45) is 0.964. The van der Waals surface area contributed by atoms with E-state index in [-0.39, 0.29) is 5.92 Å². The Morgan fingerprint density at radius 2 is 1.20 bits per heavy atom. The second kappa shape index (κ2) is 9.82. The summed E-state index contributed by atoms with van der Waals surface area (Å²) in [6.45, 7) is 0. The van der Waals surface area contributed by atoms with Crippen LogP contribution in [-0.4, -0.2) is 4.57 Å². The zero-order valence-corrected chi connectivity index (χ0v) is 25.2. The predicted molar refractivity (Wildman–Crippen MR) is 191 cm³/mol. The van der Waals surface area contributed by atoms with Gasteiger partial charge in [-0.15, -0.1) is 0 Å². The van der Waals surface area contributed by atoms with Gasteiger partial charge in [0.2, 0.25) is 0 Å². The van der Waals surface area contributed by atoms with Crippen LogP contribution in [-0.2, 0) is 6.42 Å². The molecule has 2 aromatic heterocycles. The third-order valence-electron chi connectivity index (χ3n) is 9.99. The van der Waals surface area contributed by atoms with Crippen molar-refractivity contribution in [2.45, 2.75) is 12.3 Å². The highest BCUT2D eigenvalue weighted by Gasteiger charge is 2.28. The lowest BCUT2D eigenvalue weighted by molar-refractivity contribution is 0.668. The normalized spacial score (nSPS) is 14.2. The fourth-order valence-electron chi connectivity index (χ4n) is 7.94. The monoisotopic (exact) mass is 587 g/mol. The fourth-order valence-corrected chi connectivity index (χ4v) is 7.94. The van der Waals surface area contributed by atoms with Crippen molar-refractivity contribution in [3.05, 3.63) is 174 Å². The maximum atomic E-state index is 6.31. The minimum absolute atomic E-state index is 0.231. The molecule has 216 valence electrons. The van der Waals surface area contributed by atoms with Crippen LogP contribution in [0.2, 0.25) is 0 Å². The van der Waals surface area contributed by atoms with Gasteiger partial charge >= 0.3 is 0 Å². The summed E-state index contributed by atoms with van der Waals surface area (Å²) in [4.78, 5) is 0. The summed E-state index contributed by atoms with van der Waals surface area (Å²) in [5, 5.41) is 4.96. The zero-order valence-electron chi connectivity index (χ0n) is 25.2. The highest BCUT2D eigenvalue weighted by atomic mass is 16.3. The van der Waals surface area contributed by atoms with Crippen LogP contribution in [0.4, 0.5) is 0 Å². The van der Waals surface area contributed by atoms with E-state index in [1.807, 2.05) is 0 Å². The first kappa shape index (κ1) is 25.5. The van der Waals surface area contributed by atoms with Crippen LogP contribution < -0.4 is 0 Å². The standard InChI is InChI=1S/C44H29NO/c1-2-12-31(13-3-1)45-40-18-8-6-15-34(40)39-26-29(22-24-41(39)45)28-21-23-33-37(25-28)32-14-5-4-11-30(32)27-38(33)35-17-10-20-43-44(35)36-16-7-9-19-42(36)46-43/h1-26,38H,27H2. The first-order valence-corrected chi connectivity index (χ1v) is 16.0. The molecule has 10 rings (SSSR count). The zero-order chi connectivity index (χ0) is 30.2. The van der Waals surface area contributed by atoms with Gasteiger partial charge in [0.25, 0.3) is 0 Å². The number of fused-ring (bicyclic) bond motifs is 9. The van der Waals surface area contributed by atoms with Gasteiger partial charge in [-0.2, -0.15) is 0 Å². The number of hydrogen-bond acceptors (Lipinski definition) is 1. The van der Waals surface area contributed by atoms with E-state index in [1.165, 1.54) is 77.2 Å². The van der Waals surface area contributed by atoms with Crippen LogP contribution in [0.1, 0.15) is 22.6 Å². The summed E-state index contributed by atoms with van der Waals surface area (Å²) >= 11 is 0. The van der Waals surface area contributed by atoms with Gasteiger partial charge in [0.15, 0.2) is 0 Å². The van der Waals surface area contributed by atoms with E-state index in [9.17, 15) is 0 Å². The highest BCUT2D eigenvalue weighted by molar-refractivity contribution is 6.11. The van der Waals surface area contributed by atoms with Crippen LogP contribution in [0.5, 0.6) is 0 Å². The van der Waals surface area contributed by atoms with E-state index < -0.39 is 0 Å². The minimum Gasteiger partial charge on any atom is -0.456 e. The van der Waals surface area contributed by atoms with Crippen LogP contribution in [0.15, 0.2) is 162 Å². The molecule has 0 saturated heterocycles. The van der Waals surface area contributed by atoms with Gasteiger partial charge in [0, 0.05) is 33.2 Å². The van der Waals surface area contributed by atoms with Crippen LogP contribution in [0.25, 0.3) is 71.7 Å². The van der Waals surface area contributed by atoms with Crippen molar-refractivity contribution in [1.29, 1.82) is 0 Å². The lowest BCUT2D eigenvalue weighted by Gasteiger charge is -2.29. The summed E-state index contributed by atoms with van der Waals surface area (Å²) in [6, 6.07) is 57.4. The fraction of sp³-hybridized carbons (Fsp3) is 0.0455. The Labute approximate surface area is 266 Å². The Morgan fingerprint density at radius 3 is 2.13 bits per heavy atom. The molecule has 7 aromatic carbocycles. The van der Waals surface area contributed by atoms with Gasteiger partial charge in [0.1, 0.15) is 11.2 Å². The lowest BCUT2D eigenvalue weighted by Crippen LogP contribution is -2.13. The number of aromatic nitrogens is 1. The first-order valence-electron chi connectivity index (χ1n) is 16.0. The molecule has 2 nitrogen and oxygen atoms in total. The SMILES string of the molecule is c1ccc(-n2c3ccccc3c3cc(-c4ccc5c(c4)-c4ccccc4CC5c4cccc5oc6ccccc6c45)ccc32)cc1. The predicted octanol–water partition coefficient (Wildman–Crippen LogP) is 11.7. The molecule has 0 bridgehead atoms. The maximum Gasteiger partial charge on any atom is 0.135 e. The van der Waals surface area contributed by atoms with Gasteiger partial charge in [-0.3, -0.25) is 0 Å². The molecule has 0 spiro atoms. The van der Waals surface area contributed by atoms with Crippen LogP contribution >= 0.6 is 0 Å². The van der Waals surface area contributed by atoms with E-state index in [0.29, 0.717) is 0 Å². The Balaban J connectivity index is 1.16. The lowest BCUT2D eigenvalue weighted by atomic mass is 9.74. The molecule has 0 aliphatic heterocycles. The van der Waals surface area contributed by atoms with E-state index >= 15 is 0 Å².